The number of fused-ring (bicyclic) bond motifs is 3. The largest absolute Gasteiger partial charge is 0.367 e. The number of aryl methyl sites for hydroxylation is 1. The molecule has 0 spiro atoms. The summed E-state index contributed by atoms with van der Waals surface area (Å²) >= 11 is 0. The van der Waals surface area contributed by atoms with E-state index in [4.69, 9.17) is 4.98 Å². The Bertz CT molecular complexity index is 1300. The third kappa shape index (κ3) is 2.89. The first-order chi connectivity index (χ1) is 14.7. The van der Waals surface area contributed by atoms with Crippen LogP contribution in [0, 0.1) is 6.92 Å². The van der Waals surface area contributed by atoms with E-state index >= 15 is 0 Å². The molecule has 3 aromatic heterocycles. The lowest BCUT2D eigenvalue weighted by Crippen LogP contribution is -2.24. The number of nitrogens with one attached hydrogen (secondary N) is 1. The first-order valence-electron chi connectivity index (χ1n) is 10.6. The molecular weight excluding hydrogens is 370 g/mol. The zero-order valence-electron chi connectivity index (χ0n) is 17.0. The van der Waals surface area contributed by atoms with Gasteiger partial charge in [-0.15, -0.1) is 0 Å². The summed E-state index contributed by atoms with van der Waals surface area (Å²) in [4.78, 5) is 9.14. The van der Waals surface area contributed by atoms with Crippen molar-refractivity contribution >= 4 is 17.0 Å². The number of anilines is 1. The molecule has 5 nitrogen and oxygen atoms in total. The quantitative estimate of drug-likeness (QED) is 0.528. The fourth-order valence-corrected chi connectivity index (χ4v) is 4.88. The SMILES string of the molecule is Cc1cncc(-c2cc(NC3CCC4=C(C3)c3ccccc3C4)n3nccc3n2)c1. The molecule has 0 amide bonds. The van der Waals surface area contributed by atoms with Crippen LogP contribution in [0.5, 0.6) is 0 Å². The lowest BCUT2D eigenvalue weighted by Gasteiger charge is -2.26. The van der Waals surface area contributed by atoms with Gasteiger partial charge in [0, 0.05) is 36.1 Å². The molecule has 0 fully saturated rings. The molecule has 6 rings (SSSR count). The van der Waals surface area contributed by atoms with Crippen LogP contribution in [0.15, 0.2) is 66.6 Å². The van der Waals surface area contributed by atoms with Crippen molar-refractivity contribution in [1.29, 1.82) is 0 Å². The van der Waals surface area contributed by atoms with Gasteiger partial charge >= 0.3 is 0 Å². The summed E-state index contributed by atoms with van der Waals surface area (Å²) in [5.41, 5.74) is 10.0. The maximum Gasteiger partial charge on any atom is 0.157 e. The van der Waals surface area contributed by atoms with Crippen LogP contribution in [0.4, 0.5) is 5.82 Å². The zero-order valence-corrected chi connectivity index (χ0v) is 17.0. The highest BCUT2D eigenvalue weighted by Crippen LogP contribution is 2.42. The lowest BCUT2D eigenvalue weighted by atomic mass is 9.88. The van der Waals surface area contributed by atoms with Crippen LogP contribution in [-0.2, 0) is 6.42 Å². The highest BCUT2D eigenvalue weighted by molar-refractivity contribution is 5.78. The maximum atomic E-state index is 4.79. The third-order valence-electron chi connectivity index (χ3n) is 6.30. The van der Waals surface area contributed by atoms with Gasteiger partial charge in [-0.2, -0.15) is 9.61 Å². The standard InChI is InChI=1S/C25H23N5/c1-16-10-19(15-26-14-16)23-13-25(30-24(29-23)8-9-27-30)28-20-7-6-18-11-17-4-2-3-5-21(17)22(18)12-20/h2-5,8-10,13-15,20,28H,6-7,11-12H2,1H3. The number of pyridine rings is 1. The van der Waals surface area contributed by atoms with Crippen molar-refractivity contribution in [3.63, 3.8) is 0 Å². The van der Waals surface area contributed by atoms with Gasteiger partial charge in [0.15, 0.2) is 5.65 Å². The number of hydrogen-bond donors (Lipinski definition) is 1. The van der Waals surface area contributed by atoms with Gasteiger partial charge in [-0.1, -0.05) is 29.8 Å². The zero-order chi connectivity index (χ0) is 20.1. The third-order valence-corrected chi connectivity index (χ3v) is 6.30. The van der Waals surface area contributed by atoms with Crippen molar-refractivity contribution in [1.82, 2.24) is 19.6 Å². The van der Waals surface area contributed by atoms with Crippen LogP contribution < -0.4 is 5.32 Å². The second-order valence-corrected chi connectivity index (χ2v) is 8.38. The van der Waals surface area contributed by atoms with Crippen molar-refractivity contribution < 1.29 is 0 Å². The minimum absolute atomic E-state index is 0.383. The van der Waals surface area contributed by atoms with Gasteiger partial charge in [0.1, 0.15) is 5.82 Å². The fraction of sp³-hybridized carbons (Fsp3) is 0.240. The summed E-state index contributed by atoms with van der Waals surface area (Å²) in [5, 5.41) is 8.29. The predicted octanol–water partition coefficient (Wildman–Crippen LogP) is 5.07. The molecule has 5 heteroatoms. The summed E-state index contributed by atoms with van der Waals surface area (Å²) in [6.07, 6.45) is 10.0. The van der Waals surface area contributed by atoms with E-state index in [1.165, 1.54) is 11.1 Å². The van der Waals surface area contributed by atoms with Crippen molar-refractivity contribution in [3.05, 3.63) is 83.3 Å². The van der Waals surface area contributed by atoms with Crippen LogP contribution in [0.2, 0.25) is 0 Å². The number of allylic oxidation sites excluding steroid dienone is 1. The van der Waals surface area contributed by atoms with Crippen molar-refractivity contribution in [3.8, 4) is 11.3 Å². The Kier molecular flexibility index (Phi) is 3.94. The van der Waals surface area contributed by atoms with Gasteiger partial charge in [-0.05, 0) is 60.9 Å². The Morgan fingerprint density at radius 3 is 2.97 bits per heavy atom. The average molecular weight is 393 g/mol. The van der Waals surface area contributed by atoms with E-state index in [0.717, 1.165) is 54.0 Å². The van der Waals surface area contributed by atoms with Crippen LogP contribution in [-0.4, -0.2) is 25.6 Å². The van der Waals surface area contributed by atoms with Crippen LogP contribution in [0.1, 0.15) is 36.0 Å². The van der Waals surface area contributed by atoms with Crippen LogP contribution >= 0.6 is 0 Å². The summed E-state index contributed by atoms with van der Waals surface area (Å²) < 4.78 is 1.90. The molecule has 0 saturated heterocycles. The Labute approximate surface area is 175 Å². The molecule has 30 heavy (non-hydrogen) atoms. The first-order valence-corrected chi connectivity index (χ1v) is 10.6. The van der Waals surface area contributed by atoms with Gasteiger partial charge in [0.2, 0.25) is 0 Å². The highest BCUT2D eigenvalue weighted by Gasteiger charge is 2.28. The molecule has 1 aromatic carbocycles. The van der Waals surface area contributed by atoms with E-state index < -0.39 is 0 Å². The summed E-state index contributed by atoms with van der Waals surface area (Å²) in [6, 6.07) is 15.4. The summed E-state index contributed by atoms with van der Waals surface area (Å²) in [6.45, 7) is 2.06. The van der Waals surface area contributed by atoms with E-state index in [2.05, 4.69) is 58.7 Å². The second kappa shape index (κ2) is 6.80. The van der Waals surface area contributed by atoms with Gasteiger partial charge in [-0.3, -0.25) is 4.98 Å². The van der Waals surface area contributed by atoms with Gasteiger partial charge in [0.25, 0.3) is 0 Å². The predicted molar refractivity (Wildman–Crippen MR) is 119 cm³/mol. The van der Waals surface area contributed by atoms with E-state index in [9.17, 15) is 0 Å². The number of hydrogen-bond acceptors (Lipinski definition) is 4. The van der Waals surface area contributed by atoms with Crippen molar-refractivity contribution in [2.24, 2.45) is 0 Å². The molecule has 0 aliphatic heterocycles. The Morgan fingerprint density at radius 2 is 2.03 bits per heavy atom. The van der Waals surface area contributed by atoms with E-state index in [-0.39, 0.29) is 0 Å². The first kappa shape index (κ1) is 17.4. The molecule has 2 aliphatic rings. The van der Waals surface area contributed by atoms with Gasteiger partial charge in [0.05, 0.1) is 11.9 Å². The Hall–Kier alpha value is -3.47. The van der Waals surface area contributed by atoms with E-state index in [1.54, 1.807) is 17.3 Å². The molecule has 1 unspecified atom stereocenters. The summed E-state index contributed by atoms with van der Waals surface area (Å²) in [7, 11) is 0. The minimum Gasteiger partial charge on any atom is -0.367 e. The molecule has 2 aliphatic carbocycles. The summed E-state index contributed by atoms with van der Waals surface area (Å²) in [5.74, 6) is 0.988. The topological polar surface area (TPSA) is 55.1 Å². The van der Waals surface area contributed by atoms with E-state index in [0.29, 0.717) is 6.04 Å². The van der Waals surface area contributed by atoms with Gasteiger partial charge in [-0.25, -0.2) is 4.98 Å². The molecule has 0 radical (unpaired) electrons. The average Bonchev–Trinajstić information content (AvgIpc) is 3.38. The smallest absolute Gasteiger partial charge is 0.157 e. The fourth-order valence-electron chi connectivity index (χ4n) is 4.88. The van der Waals surface area contributed by atoms with Crippen molar-refractivity contribution in [2.45, 2.75) is 38.6 Å². The molecule has 0 saturated carbocycles. The Morgan fingerprint density at radius 1 is 1.10 bits per heavy atom. The molecule has 148 valence electrons. The van der Waals surface area contributed by atoms with E-state index in [1.807, 2.05) is 23.0 Å². The number of aromatic nitrogens is 4. The molecule has 1 atom stereocenters. The molecule has 0 bridgehead atoms. The monoisotopic (exact) mass is 393 g/mol. The Balaban J connectivity index is 1.34. The molecule has 1 N–H and O–H groups in total. The second-order valence-electron chi connectivity index (χ2n) is 8.38. The minimum atomic E-state index is 0.383. The lowest BCUT2D eigenvalue weighted by molar-refractivity contribution is 0.629. The molecular formula is C25H23N5. The molecule has 3 heterocycles. The number of benzene rings is 1. The number of nitrogens with zero attached hydrogens (tertiary/aromatic N) is 4. The molecule has 4 aromatic rings. The van der Waals surface area contributed by atoms with Crippen LogP contribution in [0.25, 0.3) is 22.5 Å². The highest BCUT2D eigenvalue weighted by atomic mass is 15.3. The van der Waals surface area contributed by atoms with Crippen LogP contribution in [0.3, 0.4) is 0 Å². The normalized spacial score (nSPS) is 17.8. The van der Waals surface area contributed by atoms with Gasteiger partial charge < -0.3 is 5.32 Å². The number of rotatable bonds is 3. The maximum absolute atomic E-state index is 4.79. The van der Waals surface area contributed by atoms with Crippen molar-refractivity contribution in [2.75, 3.05) is 5.32 Å².